The van der Waals surface area contributed by atoms with Crippen molar-refractivity contribution >= 4 is 17.7 Å². The first-order valence-electron chi connectivity index (χ1n) is 3.67. The predicted octanol–water partition coefficient (Wildman–Crippen LogP) is 0.802. The molecule has 0 rings (SSSR count). The van der Waals surface area contributed by atoms with Crippen molar-refractivity contribution in [2.45, 2.75) is 19.4 Å². The number of aliphatic carboxylic acids is 1. The van der Waals surface area contributed by atoms with Crippen molar-refractivity contribution in [1.82, 2.24) is 5.32 Å². The highest BCUT2D eigenvalue weighted by molar-refractivity contribution is 7.98. The largest absolute Gasteiger partial charge is 0.480 e. The molecule has 0 saturated heterocycles. The summed E-state index contributed by atoms with van der Waals surface area (Å²) in [5, 5.41) is 11.6. The van der Waals surface area contributed by atoms with Gasteiger partial charge in [0.2, 0.25) is 0 Å². The first-order valence-corrected chi connectivity index (χ1v) is 5.06. The van der Waals surface area contributed by atoms with Gasteiger partial charge in [0.05, 0.1) is 0 Å². The van der Waals surface area contributed by atoms with Crippen LogP contribution in [0.2, 0.25) is 0 Å². The van der Waals surface area contributed by atoms with Crippen LogP contribution in [0.15, 0.2) is 0 Å². The SMILES string of the molecule is CCCN[C@@H](CSC)C(=O)O. The average molecular weight is 177 g/mol. The molecule has 0 fully saturated rings. The van der Waals surface area contributed by atoms with Crippen molar-refractivity contribution in [3.05, 3.63) is 0 Å². The molecule has 0 spiro atoms. The number of carboxylic acid groups (broad SMARTS) is 1. The van der Waals surface area contributed by atoms with Crippen LogP contribution in [0, 0.1) is 0 Å². The molecule has 0 aromatic carbocycles. The fourth-order valence-electron chi connectivity index (χ4n) is 0.703. The molecule has 4 heteroatoms. The van der Waals surface area contributed by atoms with Crippen molar-refractivity contribution < 1.29 is 9.90 Å². The number of rotatable bonds is 6. The molecule has 3 nitrogen and oxygen atoms in total. The maximum atomic E-state index is 10.5. The third kappa shape index (κ3) is 5.09. The van der Waals surface area contributed by atoms with E-state index in [1.807, 2.05) is 13.2 Å². The highest BCUT2D eigenvalue weighted by atomic mass is 32.2. The van der Waals surface area contributed by atoms with Crippen LogP contribution in [0.3, 0.4) is 0 Å². The quantitative estimate of drug-likeness (QED) is 0.630. The molecular weight excluding hydrogens is 162 g/mol. The van der Waals surface area contributed by atoms with Crippen LogP contribution in [0.4, 0.5) is 0 Å². The van der Waals surface area contributed by atoms with Crippen LogP contribution in [0.5, 0.6) is 0 Å². The molecule has 0 heterocycles. The van der Waals surface area contributed by atoms with E-state index in [0.717, 1.165) is 13.0 Å². The van der Waals surface area contributed by atoms with E-state index < -0.39 is 5.97 Å². The Bertz CT molecular complexity index is 119. The summed E-state index contributed by atoms with van der Waals surface area (Å²) in [4.78, 5) is 10.5. The molecule has 0 bridgehead atoms. The van der Waals surface area contributed by atoms with Gasteiger partial charge in [-0.3, -0.25) is 4.79 Å². The van der Waals surface area contributed by atoms with Crippen molar-refractivity contribution in [3.63, 3.8) is 0 Å². The fraction of sp³-hybridized carbons (Fsp3) is 0.857. The Balaban J connectivity index is 3.60. The Morgan fingerprint density at radius 1 is 1.73 bits per heavy atom. The molecule has 66 valence electrons. The van der Waals surface area contributed by atoms with E-state index in [9.17, 15) is 4.79 Å². The summed E-state index contributed by atoms with van der Waals surface area (Å²) in [6, 6.07) is -0.384. The lowest BCUT2D eigenvalue weighted by Gasteiger charge is -2.11. The van der Waals surface area contributed by atoms with Gasteiger partial charge in [0, 0.05) is 5.75 Å². The number of hydrogen-bond acceptors (Lipinski definition) is 3. The second-order valence-electron chi connectivity index (χ2n) is 2.30. The maximum Gasteiger partial charge on any atom is 0.321 e. The normalized spacial score (nSPS) is 12.9. The van der Waals surface area contributed by atoms with Gasteiger partial charge in [0.25, 0.3) is 0 Å². The molecule has 0 aliphatic heterocycles. The van der Waals surface area contributed by atoms with Crippen molar-refractivity contribution in [3.8, 4) is 0 Å². The lowest BCUT2D eigenvalue weighted by atomic mass is 10.3. The lowest BCUT2D eigenvalue weighted by molar-refractivity contribution is -0.138. The Kier molecular flexibility index (Phi) is 6.36. The highest BCUT2D eigenvalue weighted by Crippen LogP contribution is 1.97. The van der Waals surface area contributed by atoms with E-state index >= 15 is 0 Å². The van der Waals surface area contributed by atoms with Crippen LogP contribution in [0.1, 0.15) is 13.3 Å². The van der Waals surface area contributed by atoms with Crippen molar-refractivity contribution in [2.24, 2.45) is 0 Å². The van der Waals surface area contributed by atoms with Crippen LogP contribution in [-0.2, 0) is 4.79 Å². The zero-order valence-corrected chi connectivity index (χ0v) is 7.78. The maximum absolute atomic E-state index is 10.5. The minimum atomic E-state index is -0.757. The molecule has 0 radical (unpaired) electrons. The molecule has 0 unspecified atom stereocenters. The first kappa shape index (κ1) is 10.8. The first-order chi connectivity index (χ1) is 5.22. The summed E-state index contributed by atoms with van der Waals surface area (Å²) < 4.78 is 0. The minimum Gasteiger partial charge on any atom is -0.480 e. The molecular formula is C7H15NO2S. The third-order valence-corrected chi connectivity index (χ3v) is 1.94. The van der Waals surface area contributed by atoms with E-state index in [-0.39, 0.29) is 6.04 Å². The van der Waals surface area contributed by atoms with E-state index in [2.05, 4.69) is 5.32 Å². The van der Waals surface area contributed by atoms with E-state index in [0.29, 0.717) is 5.75 Å². The van der Waals surface area contributed by atoms with Gasteiger partial charge in [-0.25, -0.2) is 0 Å². The number of hydrogen-bond donors (Lipinski definition) is 2. The topological polar surface area (TPSA) is 49.3 Å². The molecule has 0 aliphatic rings. The molecule has 2 N–H and O–H groups in total. The van der Waals surface area contributed by atoms with E-state index in [1.165, 1.54) is 0 Å². The van der Waals surface area contributed by atoms with Gasteiger partial charge in [0.1, 0.15) is 6.04 Å². The highest BCUT2D eigenvalue weighted by Gasteiger charge is 2.14. The Labute approximate surface area is 71.6 Å². The number of carboxylic acids is 1. The summed E-state index contributed by atoms with van der Waals surface area (Å²) in [7, 11) is 0. The summed E-state index contributed by atoms with van der Waals surface area (Å²) in [5.74, 6) is -0.122. The second kappa shape index (κ2) is 6.49. The van der Waals surface area contributed by atoms with Gasteiger partial charge in [-0.1, -0.05) is 6.92 Å². The molecule has 0 saturated carbocycles. The van der Waals surface area contributed by atoms with Crippen molar-refractivity contribution in [1.29, 1.82) is 0 Å². The fourth-order valence-corrected chi connectivity index (χ4v) is 1.30. The lowest BCUT2D eigenvalue weighted by Crippen LogP contribution is -2.39. The Hall–Kier alpha value is -0.220. The van der Waals surface area contributed by atoms with Crippen LogP contribution in [-0.4, -0.2) is 35.7 Å². The summed E-state index contributed by atoms with van der Waals surface area (Å²) in [5.41, 5.74) is 0. The standard InChI is InChI=1S/C7H15NO2S/c1-3-4-8-6(5-11-2)7(9)10/h6,8H,3-5H2,1-2H3,(H,9,10)/t6-/m0/s1. The van der Waals surface area contributed by atoms with Gasteiger partial charge < -0.3 is 10.4 Å². The van der Waals surface area contributed by atoms with Gasteiger partial charge in [-0.15, -0.1) is 0 Å². The smallest absolute Gasteiger partial charge is 0.321 e. The van der Waals surface area contributed by atoms with E-state index in [4.69, 9.17) is 5.11 Å². The van der Waals surface area contributed by atoms with Gasteiger partial charge >= 0.3 is 5.97 Å². The number of nitrogens with one attached hydrogen (secondary N) is 1. The number of thioether (sulfide) groups is 1. The molecule has 11 heavy (non-hydrogen) atoms. The molecule has 0 aromatic rings. The number of carbonyl (C=O) groups is 1. The molecule has 0 amide bonds. The Morgan fingerprint density at radius 3 is 2.73 bits per heavy atom. The van der Waals surface area contributed by atoms with Crippen LogP contribution < -0.4 is 5.32 Å². The monoisotopic (exact) mass is 177 g/mol. The summed E-state index contributed by atoms with van der Waals surface area (Å²) in [6.07, 6.45) is 2.88. The molecule has 0 aromatic heterocycles. The minimum absolute atomic E-state index is 0.384. The van der Waals surface area contributed by atoms with Crippen LogP contribution >= 0.6 is 11.8 Å². The molecule has 1 atom stereocenters. The van der Waals surface area contributed by atoms with Crippen molar-refractivity contribution in [2.75, 3.05) is 18.6 Å². The van der Waals surface area contributed by atoms with Crippen LogP contribution in [0.25, 0.3) is 0 Å². The summed E-state index contributed by atoms with van der Waals surface area (Å²) >= 11 is 1.55. The summed E-state index contributed by atoms with van der Waals surface area (Å²) in [6.45, 7) is 2.79. The van der Waals surface area contributed by atoms with Gasteiger partial charge in [-0.05, 0) is 19.2 Å². The molecule has 0 aliphatic carbocycles. The Morgan fingerprint density at radius 2 is 2.36 bits per heavy atom. The average Bonchev–Trinajstić information content (AvgIpc) is 1.97. The van der Waals surface area contributed by atoms with Gasteiger partial charge in [0.15, 0.2) is 0 Å². The zero-order chi connectivity index (χ0) is 8.69. The predicted molar refractivity (Wildman–Crippen MR) is 48.1 cm³/mol. The third-order valence-electron chi connectivity index (χ3n) is 1.27. The second-order valence-corrected chi connectivity index (χ2v) is 3.21. The van der Waals surface area contributed by atoms with Gasteiger partial charge in [-0.2, -0.15) is 11.8 Å². The van der Waals surface area contributed by atoms with E-state index in [1.54, 1.807) is 11.8 Å². The zero-order valence-electron chi connectivity index (χ0n) is 6.96.